The van der Waals surface area contributed by atoms with Crippen molar-refractivity contribution >= 4 is 11.8 Å². The number of rotatable bonds is 2. The van der Waals surface area contributed by atoms with E-state index in [9.17, 15) is 9.59 Å². The lowest BCUT2D eigenvalue weighted by Gasteiger charge is -2.22. The normalized spacial score (nSPS) is 17.1. The molecular formula is C10H12O3. The SMILES string of the molecule is CC(C)(C(=O)O)C1=CC=CCC1=O. The third-order valence-corrected chi connectivity index (χ3v) is 2.21. The first-order valence-corrected chi connectivity index (χ1v) is 4.10. The first-order chi connectivity index (χ1) is 5.96. The smallest absolute Gasteiger partial charge is 0.313 e. The Morgan fingerprint density at radius 1 is 1.54 bits per heavy atom. The molecule has 1 rings (SSSR count). The second-order valence-corrected chi connectivity index (χ2v) is 3.57. The van der Waals surface area contributed by atoms with Crippen LogP contribution < -0.4 is 0 Å². The van der Waals surface area contributed by atoms with Gasteiger partial charge in [0.05, 0.1) is 5.41 Å². The minimum atomic E-state index is -1.08. The van der Waals surface area contributed by atoms with Gasteiger partial charge in [-0.1, -0.05) is 18.2 Å². The average molecular weight is 180 g/mol. The zero-order valence-electron chi connectivity index (χ0n) is 7.70. The lowest BCUT2D eigenvalue weighted by molar-refractivity contribution is -0.145. The Labute approximate surface area is 76.8 Å². The largest absolute Gasteiger partial charge is 0.481 e. The van der Waals surface area contributed by atoms with Gasteiger partial charge in [-0.2, -0.15) is 0 Å². The zero-order chi connectivity index (χ0) is 10.1. The molecule has 0 saturated carbocycles. The van der Waals surface area contributed by atoms with Crippen LogP contribution in [0.15, 0.2) is 23.8 Å². The van der Waals surface area contributed by atoms with Crippen molar-refractivity contribution in [2.45, 2.75) is 20.3 Å². The lowest BCUT2D eigenvalue weighted by atomic mass is 9.79. The quantitative estimate of drug-likeness (QED) is 0.701. The highest BCUT2D eigenvalue weighted by molar-refractivity contribution is 6.03. The minimum Gasteiger partial charge on any atom is -0.481 e. The molecule has 0 aromatic rings. The highest BCUT2D eigenvalue weighted by Gasteiger charge is 2.35. The Kier molecular flexibility index (Phi) is 2.36. The number of ketones is 1. The summed E-state index contributed by atoms with van der Waals surface area (Å²) in [6.45, 7) is 3.08. The summed E-state index contributed by atoms with van der Waals surface area (Å²) in [4.78, 5) is 22.2. The molecule has 1 N–H and O–H groups in total. The summed E-state index contributed by atoms with van der Waals surface area (Å²) >= 11 is 0. The maximum atomic E-state index is 11.4. The molecule has 13 heavy (non-hydrogen) atoms. The Morgan fingerprint density at radius 2 is 2.15 bits per heavy atom. The van der Waals surface area contributed by atoms with Gasteiger partial charge in [0.2, 0.25) is 0 Å². The molecule has 0 fully saturated rings. The molecule has 0 aromatic heterocycles. The van der Waals surface area contributed by atoms with Crippen LogP contribution in [0.4, 0.5) is 0 Å². The molecular weight excluding hydrogens is 168 g/mol. The predicted octanol–water partition coefficient (Wildman–Crippen LogP) is 1.55. The molecule has 70 valence electrons. The number of carboxylic acids is 1. The standard InChI is InChI=1S/C10H12O3/c1-10(2,9(12)13)7-5-3-4-6-8(7)11/h3-5H,6H2,1-2H3,(H,12,13). The highest BCUT2D eigenvalue weighted by atomic mass is 16.4. The van der Waals surface area contributed by atoms with Gasteiger partial charge in [-0.15, -0.1) is 0 Å². The Bertz CT molecular complexity index is 308. The van der Waals surface area contributed by atoms with Crippen LogP contribution in [-0.2, 0) is 9.59 Å². The summed E-state index contributed by atoms with van der Waals surface area (Å²) in [7, 11) is 0. The second-order valence-electron chi connectivity index (χ2n) is 3.57. The molecule has 0 aliphatic heterocycles. The number of Topliss-reactive ketones (excluding diaryl/α,β-unsaturated/α-hetero) is 1. The Balaban J connectivity index is 3.06. The summed E-state index contributed by atoms with van der Waals surface area (Å²) < 4.78 is 0. The van der Waals surface area contributed by atoms with Gasteiger partial charge in [0.1, 0.15) is 0 Å². The van der Waals surface area contributed by atoms with Gasteiger partial charge in [0.15, 0.2) is 5.78 Å². The molecule has 0 spiro atoms. The summed E-state index contributed by atoms with van der Waals surface area (Å²) in [5.74, 6) is -1.07. The topological polar surface area (TPSA) is 54.4 Å². The van der Waals surface area contributed by atoms with Gasteiger partial charge in [-0.25, -0.2) is 0 Å². The van der Waals surface area contributed by atoms with Crippen LogP contribution >= 0.6 is 0 Å². The van der Waals surface area contributed by atoms with Crippen LogP contribution in [0.3, 0.4) is 0 Å². The summed E-state index contributed by atoms with van der Waals surface area (Å²) in [6.07, 6.45) is 5.34. The van der Waals surface area contributed by atoms with Crippen LogP contribution in [0.2, 0.25) is 0 Å². The molecule has 3 nitrogen and oxygen atoms in total. The van der Waals surface area contributed by atoms with E-state index in [0.717, 1.165) is 0 Å². The van der Waals surface area contributed by atoms with Crippen molar-refractivity contribution in [3.63, 3.8) is 0 Å². The molecule has 0 amide bonds. The molecule has 0 aromatic carbocycles. The number of carboxylic acid groups (broad SMARTS) is 1. The number of aliphatic carboxylic acids is 1. The van der Waals surface area contributed by atoms with E-state index in [1.54, 1.807) is 18.2 Å². The van der Waals surface area contributed by atoms with E-state index < -0.39 is 11.4 Å². The monoisotopic (exact) mass is 180 g/mol. The molecule has 0 unspecified atom stereocenters. The summed E-state index contributed by atoms with van der Waals surface area (Å²) in [5, 5.41) is 8.89. The zero-order valence-corrected chi connectivity index (χ0v) is 7.70. The summed E-state index contributed by atoms with van der Waals surface area (Å²) in [6, 6.07) is 0. The molecule has 0 saturated heterocycles. The van der Waals surface area contributed by atoms with Crippen LogP contribution in [-0.4, -0.2) is 16.9 Å². The molecule has 3 heteroatoms. The molecule has 0 radical (unpaired) electrons. The maximum Gasteiger partial charge on any atom is 0.313 e. The van der Waals surface area contributed by atoms with Crippen molar-refractivity contribution < 1.29 is 14.7 Å². The Hall–Kier alpha value is -1.38. The van der Waals surface area contributed by atoms with Crippen molar-refractivity contribution in [1.29, 1.82) is 0 Å². The van der Waals surface area contributed by atoms with Crippen molar-refractivity contribution in [3.05, 3.63) is 23.8 Å². The van der Waals surface area contributed by atoms with Crippen molar-refractivity contribution in [3.8, 4) is 0 Å². The predicted molar refractivity (Wildman–Crippen MR) is 48.3 cm³/mol. The second kappa shape index (κ2) is 3.17. The third-order valence-electron chi connectivity index (χ3n) is 2.21. The molecule has 1 aliphatic rings. The number of carbonyl (C=O) groups is 2. The minimum absolute atomic E-state index is 0.102. The van der Waals surface area contributed by atoms with Gasteiger partial charge in [-0.05, 0) is 13.8 Å². The van der Waals surface area contributed by atoms with E-state index in [-0.39, 0.29) is 5.78 Å². The highest BCUT2D eigenvalue weighted by Crippen LogP contribution is 2.29. The van der Waals surface area contributed by atoms with Gasteiger partial charge >= 0.3 is 5.97 Å². The molecule has 1 aliphatic carbocycles. The molecule has 0 atom stereocenters. The van der Waals surface area contributed by atoms with Gasteiger partial charge in [0, 0.05) is 12.0 Å². The van der Waals surface area contributed by atoms with Crippen LogP contribution in [0.1, 0.15) is 20.3 Å². The van der Waals surface area contributed by atoms with E-state index in [1.807, 2.05) is 0 Å². The van der Waals surface area contributed by atoms with E-state index in [4.69, 9.17) is 5.11 Å². The van der Waals surface area contributed by atoms with Gasteiger partial charge in [0.25, 0.3) is 0 Å². The average Bonchev–Trinajstić information content (AvgIpc) is 2.04. The number of allylic oxidation sites excluding steroid dienone is 3. The lowest BCUT2D eigenvalue weighted by Crippen LogP contribution is -2.30. The third kappa shape index (κ3) is 1.69. The van der Waals surface area contributed by atoms with Gasteiger partial charge in [-0.3, -0.25) is 9.59 Å². The first-order valence-electron chi connectivity index (χ1n) is 4.10. The van der Waals surface area contributed by atoms with Crippen molar-refractivity contribution in [1.82, 2.24) is 0 Å². The number of hydrogen-bond acceptors (Lipinski definition) is 2. The number of hydrogen-bond donors (Lipinski definition) is 1. The van der Waals surface area contributed by atoms with Crippen molar-refractivity contribution in [2.24, 2.45) is 5.41 Å². The summed E-state index contributed by atoms with van der Waals surface area (Å²) in [5.41, 5.74) is -0.704. The fourth-order valence-corrected chi connectivity index (χ4v) is 1.21. The van der Waals surface area contributed by atoms with Crippen LogP contribution in [0.5, 0.6) is 0 Å². The maximum absolute atomic E-state index is 11.4. The fraction of sp³-hybridized carbons (Fsp3) is 0.400. The van der Waals surface area contributed by atoms with Crippen LogP contribution in [0.25, 0.3) is 0 Å². The van der Waals surface area contributed by atoms with Gasteiger partial charge < -0.3 is 5.11 Å². The van der Waals surface area contributed by atoms with E-state index in [1.165, 1.54) is 13.8 Å². The molecule has 0 bridgehead atoms. The van der Waals surface area contributed by atoms with Crippen LogP contribution in [0, 0.1) is 5.41 Å². The Morgan fingerprint density at radius 3 is 2.62 bits per heavy atom. The first kappa shape index (κ1) is 9.71. The van der Waals surface area contributed by atoms with E-state index in [2.05, 4.69) is 0 Å². The van der Waals surface area contributed by atoms with E-state index >= 15 is 0 Å². The number of carbonyl (C=O) groups excluding carboxylic acids is 1. The molecule has 0 heterocycles. The van der Waals surface area contributed by atoms with E-state index in [0.29, 0.717) is 12.0 Å². The fourth-order valence-electron chi connectivity index (χ4n) is 1.21. The van der Waals surface area contributed by atoms with Crippen molar-refractivity contribution in [2.75, 3.05) is 0 Å².